The van der Waals surface area contributed by atoms with Crippen LogP contribution in [0.3, 0.4) is 0 Å². The van der Waals surface area contributed by atoms with Crippen LogP contribution in [0.25, 0.3) is 5.69 Å². The van der Waals surface area contributed by atoms with E-state index in [1.54, 1.807) is 43.1 Å². The van der Waals surface area contributed by atoms with Gasteiger partial charge in [0, 0.05) is 17.4 Å². The minimum Gasteiger partial charge on any atom is -0.497 e. The summed E-state index contributed by atoms with van der Waals surface area (Å²) in [6, 6.07) is 5.48. The number of hydrogen-bond acceptors (Lipinski definition) is 8. The van der Waals surface area contributed by atoms with Crippen molar-refractivity contribution in [1.82, 2.24) is 25.4 Å². The lowest BCUT2D eigenvalue weighted by Crippen LogP contribution is -2.03. The molecule has 120 valence electrons. The topological polar surface area (TPSA) is 88.1 Å². The number of aryl methyl sites for hydroxylation is 1. The van der Waals surface area contributed by atoms with E-state index in [0.717, 1.165) is 23.4 Å². The van der Waals surface area contributed by atoms with Gasteiger partial charge in [0.25, 0.3) is 0 Å². The molecule has 0 aliphatic carbocycles. The summed E-state index contributed by atoms with van der Waals surface area (Å²) in [5.41, 5.74) is 1.76. The Morgan fingerprint density at radius 2 is 2.17 bits per heavy atom. The second kappa shape index (κ2) is 7.14. The smallest absolute Gasteiger partial charge is 0.214 e. The van der Waals surface area contributed by atoms with Gasteiger partial charge in [0.05, 0.1) is 20.4 Å². The Morgan fingerprint density at radius 3 is 2.91 bits per heavy atom. The number of tetrazole rings is 1. The van der Waals surface area contributed by atoms with Crippen molar-refractivity contribution in [3.63, 3.8) is 0 Å². The molecule has 0 atom stereocenters. The van der Waals surface area contributed by atoms with Crippen molar-refractivity contribution in [2.45, 2.75) is 11.6 Å². The second-order valence-corrected chi connectivity index (χ2v) is 5.60. The monoisotopic (exact) mass is 333 g/mol. The third-order valence-corrected chi connectivity index (χ3v) is 4.08. The highest BCUT2D eigenvalue weighted by Gasteiger charge is 2.14. The number of thioether (sulfide) groups is 1. The van der Waals surface area contributed by atoms with E-state index < -0.39 is 0 Å². The van der Waals surface area contributed by atoms with Gasteiger partial charge in [-0.15, -0.1) is 5.10 Å². The van der Waals surface area contributed by atoms with Crippen molar-refractivity contribution < 1.29 is 14.0 Å². The van der Waals surface area contributed by atoms with Crippen LogP contribution >= 0.6 is 11.8 Å². The van der Waals surface area contributed by atoms with Crippen molar-refractivity contribution in [3.05, 3.63) is 36.2 Å². The lowest BCUT2D eigenvalue weighted by Gasteiger charge is -2.11. The fourth-order valence-corrected chi connectivity index (χ4v) is 2.86. The Hall–Kier alpha value is -2.55. The van der Waals surface area contributed by atoms with Gasteiger partial charge in [-0.3, -0.25) is 0 Å². The number of methoxy groups -OCH3 is 2. The van der Waals surface area contributed by atoms with E-state index in [2.05, 4.69) is 20.7 Å². The molecule has 3 aromatic rings. The first-order valence-electron chi connectivity index (χ1n) is 6.83. The minimum absolute atomic E-state index is 0.666. The standard InChI is InChI=1S/C14H15N5O3S/c1-20-11-3-4-13(21-2)12(7-11)19-14(16-17-18-19)23-6-5-10-8-15-22-9-10/h3-4,7-9H,5-6H2,1-2H3. The van der Waals surface area contributed by atoms with Gasteiger partial charge < -0.3 is 14.0 Å². The maximum absolute atomic E-state index is 5.39. The van der Waals surface area contributed by atoms with E-state index in [1.807, 2.05) is 18.2 Å². The molecular weight excluding hydrogens is 318 g/mol. The zero-order valence-electron chi connectivity index (χ0n) is 12.7. The van der Waals surface area contributed by atoms with Gasteiger partial charge in [0.1, 0.15) is 23.4 Å². The largest absolute Gasteiger partial charge is 0.497 e. The zero-order valence-corrected chi connectivity index (χ0v) is 13.5. The Labute approximate surface area is 136 Å². The van der Waals surface area contributed by atoms with E-state index >= 15 is 0 Å². The molecule has 0 saturated heterocycles. The number of ether oxygens (including phenoxy) is 2. The number of benzene rings is 1. The fourth-order valence-electron chi connectivity index (χ4n) is 1.99. The first kappa shape index (κ1) is 15.3. The SMILES string of the molecule is COc1ccc(OC)c(-n2nnnc2SCCc2cnoc2)c1. The average Bonchev–Trinajstić information content (AvgIpc) is 3.26. The molecular formula is C14H15N5O3S. The predicted octanol–water partition coefficient (Wildman–Crippen LogP) is 2.00. The minimum atomic E-state index is 0.666. The van der Waals surface area contributed by atoms with Crippen LogP contribution in [0.15, 0.2) is 40.3 Å². The number of hydrogen-bond donors (Lipinski definition) is 0. The summed E-state index contributed by atoms with van der Waals surface area (Å²) in [6.45, 7) is 0. The van der Waals surface area contributed by atoms with Crippen molar-refractivity contribution in [3.8, 4) is 17.2 Å². The summed E-state index contributed by atoms with van der Waals surface area (Å²) in [6.07, 6.45) is 4.15. The van der Waals surface area contributed by atoms with Crippen LogP contribution in [0.1, 0.15) is 5.56 Å². The van der Waals surface area contributed by atoms with Crippen LogP contribution in [0.2, 0.25) is 0 Å². The molecule has 23 heavy (non-hydrogen) atoms. The Balaban J connectivity index is 1.80. The van der Waals surface area contributed by atoms with Gasteiger partial charge in [-0.05, 0) is 29.0 Å². The van der Waals surface area contributed by atoms with Gasteiger partial charge in [-0.1, -0.05) is 16.9 Å². The molecule has 3 rings (SSSR count). The lowest BCUT2D eigenvalue weighted by atomic mass is 10.3. The van der Waals surface area contributed by atoms with Crippen LogP contribution in [0.5, 0.6) is 11.5 Å². The molecule has 0 saturated carbocycles. The van der Waals surface area contributed by atoms with Gasteiger partial charge in [-0.2, -0.15) is 4.68 Å². The second-order valence-electron chi connectivity index (χ2n) is 4.54. The summed E-state index contributed by atoms with van der Waals surface area (Å²) >= 11 is 1.54. The molecule has 2 heterocycles. The van der Waals surface area contributed by atoms with Gasteiger partial charge >= 0.3 is 0 Å². The van der Waals surface area contributed by atoms with Crippen LogP contribution in [-0.2, 0) is 6.42 Å². The van der Waals surface area contributed by atoms with Gasteiger partial charge in [0.15, 0.2) is 0 Å². The van der Waals surface area contributed by atoms with Gasteiger partial charge in [-0.25, -0.2) is 0 Å². The van der Waals surface area contributed by atoms with E-state index in [0.29, 0.717) is 16.7 Å². The Kier molecular flexibility index (Phi) is 4.77. The van der Waals surface area contributed by atoms with Crippen LogP contribution in [-0.4, -0.2) is 45.3 Å². The first-order chi connectivity index (χ1) is 11.3. The first-order valence-corrected chi connectivity index (χ1v) is 7.82. The normalized spacial score (nSPS) is 10.7. The Morgan fingerprint density at radius 1 is 1.26 bits per heavy atom. The molecule has 0 unspecified atom stereocenters. The molecule has 0 N–H and O–H groups in total. The quantitative estimate of drug-likeness (QED) is 0.607. The molecule has 0 fully saturated rings. The molecule has 2 aromatic heterocycles. The molecule has 0 amide bonds. The highest BCUT2D eigenvalue weighted by Crippen LogP contribution is 2.29. The third kappa shape index (κ3) is 3.45. The maximum atomic E-state index is 5.39. The van der Waals surface area contributed by atoms with Crippen LogP contribution in [0, 0.1) is 0 Å². The van der Waals surface area contributed by atoms with E-state index in [4.69, 9.17) is 14.0 Å². The molecule has 0 aliphatic heterocycles. The van der Waals surface area contributed by atoms with E-state index in [1.165, 1.54) is 0 Å². The van der Waals surface area contributed by atoms with Crippen molar-refractivity contribution in [2.75, 3.05) is 20.0 Å². The summed E-state index contributed by atoms with van der Waals surface area (Å²) < 4.78 is 17.1. The molecule has 0 aliphatic rings. The van der Waals surface area contributed by atoms with Gasteiger partial charge in [0.2, 0.25) is 5.16 Å². The zero-order chi connectivity index (χ0) is 16.1. The summed E-state index contributed by atoms with van der Waals surface area (Å²) in [5.74, 6) is 2.17. The molecule has 0 bridgehead atoms. The van der Waals surface area contributed by atoms with E-state index in [9.17, 15) is 0 Å². The highest BCUT2D eigenvalue weighted by atomic mass is 32.2. The number of aromatic nitrogens is 5. The van der Waals surface area contributed by atoms with Crippen molar-refractivity contribution >= 4 is 11.8 Å². The number of nitrogens with zero attached hydrogens (tertiary/aromatic N) is 5. The van der Waals surface area contributed by atoms with Crippen LogP contribution < -0.4 is 9.47 Å². The molecule has 0 radical (unpaired) electrons. The van der Waals surface area contributed by atoms with E-state index in [-0.39, 0.29) is 0 Å². The van der Waals surface area contributed by atoms with Crippen LogP contribution in [0.4, 0.5) is 0 Å². The lowest BCUT2D eigenvalue weighted by molar-refractivity contribution is 0.399. The fraction of sp³-hybridized carbons (Fsp3) is 0.286. The molecule has 8 nitrogen and oxygen atoms in total. The van der Waals surface area contributed by atoms with Crippen molar-refractivity contribution in [1.29, 1.82) is 0 Å². The van der Waals surface area contributed by atoms with Crippen molar-refractivity contribution in [2.24, 2.45) is 0 Å². The highest BCUT2D eigenvalue weighted by molar-refractivity contribution is 7.99. The summed E-state index contributed by atoms with van der Waals surface area (Å²) in [7, 11) is 3.22. The number of rotatable bonds is 7. The predicted molar refractivity (Wildman–Crippen MR) is 83.2 cm³/mol. The Bertz CT molecular complexity index is 760. The molecule has 0 spiro atoms. The summed E-state index contributed by atoms with van der Waals surface area (Å²) in [5, 5.41) is 16.2. The molecule has 1 aromatic carbocycles. The third-order valence-electron chi connectivity index (χ3n) is 3.16. The molecule has 9 heteroatoms. The summed E-state index contributed by atoms with van der Waals surface area (Å²) in [4.78, 5) is 0. The maximum Gasteiger partial charge on any atom is 0.214 e. The average molecular weight is 333 g/mol.